The Morgan fingerprint density at radius 3 is 0.0917 bits per heavy atom. The van der Waals surface area contributed by atoms with E-state index < -0.39 is 0 Å². The van der Waals surface area contributed by atoms with Gasteiger partial charge < -0.3 is 11.7 Å². The molecule has 604 valence electrons. The fraction of sp³-hybridized carbons (Fsp3) is 0. The van der Waals surface area contributed by atoms with Crippen LogP contribution >= 0.6 is 0 Å². The molecule has 0 bridgehead atoms. The van der Waals surface area contributed by atoms with Crippen molar-refractivity contribution in [2.45, 2.75) is 0 Å². The molecule has 120 heteroatoms. The van der Waals surface area contributed by atoms with Crippen molar-refractivity contribution in [3.8, 4) is 0 Å². The van der Waals surface area contributed by atoms with Gasteiger partial charge in [0.25, 0.3) is 0 Å². The summed E-state index contributed by atoms with van der Waals surface area (Å²) in [5.41, 5.74) is 0. The van der Waals surface area contributed by atoms with Crippen LogP contribution in [0, 0.1) is 0 Å². The summed E-state index contributed by atoms with van der Waals surface area (Å²) >= 11 is 0. The monoisotopic (exact) mass is 1680 g/mol. The number of nitrogens with zero attached hydrogens (tertiary/aromatic N) is 118. The molecule has 120 heavy (non-hydrogen) atoms. The highest BCUT2D eigenvalue weighted by molar-refractivity contribution is 4.25. The lowest BCUT2D eigenvalue weighted by molar-refractivity contribution is 0.722. The van der Waals surface area contributed by atoms with Crippen molar-refractivity contribution >= 4 is 0 Å². The molecule has 0 rings (SSSR count). The maximum atomic E-state index is 4.64. The molecule has 0 saturated heterocycles. The van der Waals surface area contributed by atoms with E-state index in [2.05, 4.69) is 628 Å². The Labute approximate surface area is 628 Å². The molecule has 0 radical (unpaired) electrons. The maximum absolute atomic E-state index is 4.64. The minimum absolute atomic E-state index is 2.75. The summed E-state index contributed by atoms with van der Waals surface area (Å²) in [5.74, 6) is 9.27. The van der Waals surface area contributed by atoms with Crippen LogP contribution in [0.5, 0.6) is 0 Å². The van der Waals surface area contributed by atoms with Gasteiger partial charge >= 0.3 is 0 Å². The lowest BCUT2D eigenvalue weighted by Crippen LogP contribution is -1.70. The first-order valence-electron chi connectivity index (χ1n) is 23.9. The molecule has 0 unspecified atom stereocenters. The van der Waals surface area contributed by atoms with Gasteiger partial charge in [0.1, 0.15) is 0 Å². The van der Waals surface area contributed by atoms with Crippen molar-refractivity contribution < 1.29 is 0 Å². The first-order chi connectivity index (χ1) is 59.9. The van der Waals surface area contributed by atoms with E-state index in [0.717, 1.165) is 0 Å². The van der Waals surface area contributed by atoms with Crippen molar-refractivity contribution in [3.63, 3.8) is 0 Å². The van der Waals surface area contributed by atoms with Gasteiger partial charge in [-0.3, -0.25) is 0 Å². The lowest BCUT2D eigenvalue weighted by Gasteiger charge is -1.71. The van der Waals surface area contributed by atoms with Crippen LogP contribution in [0.25, 0.3) is 0 Å². The lowest BCUT2D eigenvalue weighted by atomic mass is 12.3. The van der Waals surface area contributed by atoms with Gasteiger partial charge in [0.15, 0.2) is 0 Å². The number of hydrogen-bond donors (Lipinski definition) is 2. The average molecular weight is 1680 g/mol. The second-order valence-electron chi connectivity index (χ2n) is 10.6. The van der Waals surface area contributed by atoms with Crippen LogP contribution in [-0.2, 0) is 0 Å². The van der Waals surface area contributed by atoms with E-state index in [4.69, 9.17) is 0 Å². The number of rotatable bonds is 58. The highest BCUT2D eigenvalue weighted by Gasteiger charge is 1.82. The smallest absolute Gasteiger partial charge is 0 e. The van der Waals surface area contributed by atoms with Crippen molar-refractivity contribution in [2.75, 3.05) is 0 Å². The van der Waals surface area contributed by atoms with Gasteiger partial charge in [0, 0.05) is 533 Å². The van der Waals surface area contributed by atoms with Gasteiger partial charge in [-0.25, -0.2) is 0 Å². The maximum Gasteiger partial charge on any atom is 0 e. The summed E-state index contributed by atoms with van der Waals surface area (Å²) in [6.45, 7) is 0. The van der Waals surface area contributed by atoms with Gasteiger partial charge in [-0.05, 0) is 73.1 Å². The number of nitrogens with two attached hydrogens (primary N) is 2. The molecule has 0 aliphatic carbocycles. The van der Waals surface area contributed by atoms with Crippen molar-refractivity contribution in [2.24, 2.45) is 628 Å². The number of hydrogen-bond acceptors (Lipinski definition) is 2. The Morgan fingerprint density at radius 1 is 0.0417 bits per heavy atom. The summed E-state index contributed by atoms with van der Waals surface area (Å²) in [7, 11) is 0. The molecular weight excluding hydrogens is 1680 g/mol. The zero-order valence-corrected chi connectivity index (χ0v) is 53.9. The molecule has 0 aromatic heterocycles. The molecule has 4 N–H and O–H groups in total. The van der Waals surface area contributed by atoms with E-state index in [1.165, 1.54) is 0 Å². The summed E-state index contributed by atoms with van der Waals surface area (Å²) in [5, 5.41) is 353. The molecular formula is H4N120. The van der Waals surface area contributed by atoms with Crippen molar-refractivity contribution in [1.82, 2.24) is 0 Å². The minimum Gasteiger partial charge on any atom is -0.303 e. The van der Waals surface area contributed by atoms with Crippen LogP contribution in [0.3, 0.4) is 0 Å². The molecule has 0 atom stereocenters. The Morgan fingerprint density at radius 2 is 0.0667 bits per heavy atom. The Bertz CT molecular complexity index is 4150. The molecule has 0 spiro atoms. The first kappa shape index (κ1) is 96.0. The quantitative estimate of drug-likeness (QED) is 0.0341. The standard InChI is InChI=1S/H4N120/c1-3-5-7-9-11-13-15-17-19-21-23-25-27-29-31-33-35-37-39-41-43-45-47-49-51-53-55-57-59-61-63-65-67-69-71-73-75-77-79-81-83-85-87-89-91-93-95-97-99-101-103-105-107-109-111-113-115-117-119-120-118-116-114-112-110-108-106-104-102-100-98-96-94-92-90-88-86-84-82-80-78-76-74-72-70-68-66-64-62-60-58-56-54-52-50-48-46-44-42-40-38-36-34-32-30-28-26-24-22-20-18-16-14-12-10-8-6-4-2/h(H2,1,4,5,8,9,12,13,16,17,20,21,24,25,28,29,32,33,36,37,40,41,44,45,48,49,52,53,56,57,60,61,64,65,68,69,72,73,76,77,80,81,84,85,88,89,92,93,96,97,100,101,104,105,108,109,112,113,116,117,120)(H2,2,3,6,7,10,11,14,15,18,19,22,23,26,27,30,31,34,35,38,39,42,43,46,47,50,51,54,55,58,59,62,63,66,67,70,71,74,75,78,79,82,83,86,87,90,91,94,95,98,99,102,103,106,107,110,111,114,115,118,119). The largest absolute Gasteiger partial charge is 0.303 e. The molecule has 0 aromatic carbocycles. The van der Waals surface area contributed by atoms with E-state index in [0.29, 0.717) is 0 Å². The first-order valence-corrected chi connectivity index (χ1v) is 23.9. The van der Waals surface area contributed by atoms with Crippen LogP contribution < -0.4 is 11.7 Å². The molecule has 120 nitrogen and oxygen atoms in total. The van der Waals surface area contributed by atoms with Gasteiger partial charge in [-0.1, -0.05) is 10.4 Å². The normalized spacial score (nSPS) is 15.8. The van der Waals surface area contributed by atoms with Crippen molar-refractivity contribution in [3.05, 3.63) is 0 Å². The fourth-order valence-electron chi connectivity index (χ4n) is 2.09. The summed E-state index contributed by atoms with van der Waals surface area (Å²) in [6.07, 6.45) is 0. The molecule has 0 fully saturated rings. The van der Waals surface area contributed by atoms with Crippen LogP contribution in [0.2, 0.25) is 0 Å². The van der Waals surface area contributed by atoms with E-state index in [9.17, 15) is 0 Å². The van der Waals surface area contributed by atoms with Gasteiger partial charge in [0.05, 0.1) is 0 Å². The molecule has 0 heterocycles. The Kier molecular flexibility index (Phi) is 76.0. The third-order valence-electron chi connectivity index (χ3n) is 4.70. The van der Waals surface area contributed by atoms with Crippen molar-refractivity contribution in [1.29, 1.82) is 0 Å². The van der Waals surface area contributed by atoms with Gasteiger partial charge in [-0.2, -0.15) is 0 Å². The third kappa shape index (κ3) is 94.0. The van der Waals surface area contributed by atoms with Crippen LogP contribution in [0.15, 0.2) is 616 Å². The summed E-state index contributed by atoms with van der Waals surface area (Å²) in [6, 6.07) is 0. The van der Waals surface area contributed by atoms with E-state index in [-0.39, 0.29) is 0 Å². The molecule has 0 aliphatic heterocycles. The van der Waals surface area contributed by atoms with E-state index >= 15 is 0 Å². The van der Waals surface area contributed by atoms with Crippen LogP contribution in [-0.4, -0.2) is 0 Å². The second kappa shape index (κ2) is 95.0. The van der Waals surface area contributed by atoms with Gasteiger partial charge in [-0.15, -0.1) is 0 Å². The molecule has 0 amide bonds. The Balaban J connectivity index is 4.13. The van der Waals surface area contributed by atoms with Gasteiger partial charge in [0.2, 0.25) is 0 Å². The zero-order valence-electron chi connectivity index (χ0n) is 53.9. The highest BCUT2D eigenvalue weighted by atomic mass is 15.8. The molecule has 0 saturated carbocycles. The highest BCUT2D eigenvalue weighted by Crippen LogP contribution is 2.00. The minimum atomic E-state index is 2.75. The van der Waals surface area contributed by atoms with E-state index in [1.807, 2.05) is 0 Å². The van der Waals surface area contributed by atoms with E-state index in [1.54, 1.807) is 0 Å². The molecule has 0 aromatic rings. The molecule has 0 aliphatic rings. The predicted molar refractivity (Wildman–Crippen MR) is 295 cm³/mol. The third-order valence-corrected chi connectivity index (χ3v) is 4.70. The predicted octanol–water partition coefficient (Wildman–Crippen LogP) is 20.5. The summed E-state index contributed by atoms with van der Waals surface area (Å²) in [4.78, 5) is 0. The van der Waals surface area contributed by atoms with Crippen LogP contribution in [0.4, 0.5) is 0 Å². The zero-order chi connectivity index (χ0) is 85.4. The fourth-order valence-corrected chi connectivity index (χ4v) is 2.09. The van der Waals surface area contributed by atoms with Crippen LogP contribution in [0.1, 0.15) is 0 Å². The average Bonchev–Trinajstić information content (AvgIpc) is 1.40. The SMILES string of the molecule is N/N=N/N=N/N=N/N=N/N=N/N=N/N=N/N=N/N=N/N=N/N=N/N=N/N=N/N=N/N=N/N=N/N=N/N=N/N=N/N=N/N=N/N=N/N=N/N=N/N=N/N=N/N=N/N=N/N=N/N=N/N=N/N=N/N=N/N=N/N=N/N=N/N=N/N=N/N=N/N=N/N=N/N=N/N=N/N=N/N=N/N=N/N=N/N=N/N=N/N=N/N=N/N=N/N=N/N=N/N=N/N=N/N=N/N=N/N=N/N. The topological polar surface area (TPSA) is 1510 Å². The Hall–Kier alpha value is -24.0. The summed E-state index contributed by atoms with van der Waals surface area (Å²) < 4.78 is 0. The second-order valence-corrected chi connectivity index (χ2v) is 10.6.